The third kappa shape index (κ3) is 2.81. The molecule has 0 unspecified atom stereocenters. The molecule has 1 N–H and O–H groups in total. The van der Waals surface area contributed by atoms with E-state index >= 15 is 0 Å². The molecular formula is C13H12FNO. The second-order valence-electron chi connectivity index (χ2n) is 3.36. The monoisotopic (exact) mass is 217 g/mol. The van der Waals surface area contributed by atoms with Gasteiger partial charge in [0, 0.05) is 0 Å². The van der Waals surface area contributed by atoms with Crippen LogP contribution in [0.25, 0.3) is 0 Å². The van der Waals surface area contributed by atoms with E-state index in [2.05, 4.69) is 5.48 Å². The van der Waals surface area contributed by atoms with Crippen molar-refractivity contribution in [2.75, 3.05) is 5.48 Å². The summed E-state index contributed by atoms with van der Waals surface area (Å²) in [4.78, 5) is 5.20. The van der Waals surface area contributed by atoms with E-state index in [-0.39, 0.29) is 5.82 Å². The lowest BCUT2D eigenvalue weighted by atomic mass is 10.2. The van der Waals surface area contributed by atoms with Gasteiger partial charge in [-0.3, -0.25) is 10.3 Å². The van der Waals surface area contributed by atoms with Crippen LogP contribution in [0, 0.1) is 5.82 Å². The summed E-state index contributed by atoms with van der Waals surface area (Å²) in [5.41, 5.74) is 3.97. The number of para-hydroxylation sites is 1. The highest BCUT2D eigenvalue weighted by Crippen LogP contribution is 2.12. The number of rotatable bonds is 4. The van der Waals surface area contributed by atoms with Crippen molar-refractivity contribution < 1.29 is 9.23 Å². The zero-order valence-electron chi connectivity index (χ0n) is 8.69. The molecule has 0 amide bonds. The van der Waals surface area contributed by atoms with E-state index in [0.29, 0.717) is 12.3 Å². The molecule has 0 aliphatic carbocycles. The van der Waals surface area contributed by atoms with Crippen molar-refractivity contribution in [1.29, 1.82) is 0 Å². The quantitative estimate of drug-likeness (QED) is 0.793. The van der Waals surface area contributed by atoms with E-state index in [0.717, 1.165) is 5.56 Å². The summed E-state index contributed by atoms with van der Waals surface area (Å²) in [5.74, 6) is -0.324. The Kier molecular flexibility index (Phi) is 3.51. The van der Waals surface area contributed by atoms with Crippen LogP contribution in [0.3, 0.4) is 0 Å². The topological polar surface area (TPSA) is 21.3 Å². The molecule has 3 heteroatoms. The summed E-state index contributed by atoms with van der Waals surface area (Å²) in [6, 6.07) is 16.1. The third-order valence-electron chi connectivity index (χ3n) is 2.14. The van der Waals surface area contributed by atoms with E-state index in [1.165, 1.54) is 6.07 Å². The number of benzene rings is 2. The molecule has 0 heterocycles. The normalized spacial score (nSPS) is 10.1. The minimum absolute atomic E-state index is 0.324. The fourth-order valence-corrected chi connectivity index (χ4v) is 1.32. The zero-order valence-corrected chi connectivity index (χ0v) is 8.69. The predicted octanol–water partition coefficient (Wildman–Crippen LogP) is 3.37. The van der Waals surface area contributed by atoms with Gasteiger partial charge < -0.3 is 0 Å². The van der Waals surface area contributed by atoms with Crippen LogP contribution in [-0.4, -0.2) is 0 Å². The van der Waals surface area contributed by atoms with Gasteiger partial charge in [0.1, 0.15) is 5.82 Å². The summed E-state index contributed by atoms with van der Waals surface area (Å²) in [7, 11) is 0. The molecule has 0 spiro atoms. The first-order valence-corrected chi connectivity index (χ1v) is 5.02. The average molecular weight is 217 g/mol. The number of hydrogen-bond donors (Lipinski definition) is 1. The van der Waals surface area contributed by atoms with Crippen LogP contribution in [0.1, 0.15) is 5.56 Å². The first-order chi connectivity index (χ1) is 7.86. The fourth-order valence-electron chi connectivity index (χ4n) is 1.32. The predicted molar refractivity (Wildman–Crippen MR) is 61.3 cm³/mol. The molecule has 0 saturated carbocycles. The molecule has 0 fully saturated rings. The fraction of sp³-hybridized carbons (Fsp3) is 0.0769. The van der Waals surface area contributed by atoms with E-state index in [1.807, 2.05) is 30.3 Å². The van der Waals surface area contributed by atoms with Crippen LogP contribution < -0.4 is 5.48 Å². The summed E-state index contributed by atoms with van der Waals surface area (Å²) in [6.07, 6.45) is 0. The van der Waals surface area contributed by atoms with E-state index < -0.39 is 0 Å². The molecule has 0 aliphatic rings. The smallest absolute Gasteiger partial charge is 0.148 e. The molecule has 16 heavy (non-hydrogen) atoms. The first kappa shape index (κ1) is 10.6. The van der Waals surface area contributed by atoms with E-state index in [9.17, 15) is 4.39 Å². The van der Waals surface area contributed by atoms with Crippen LogP contribution in [0.2, 0.25) is 0 Å². The van der Waals surface area contributed by atoms with Gasteiger partial charge in [-0.1, -0.05) is 42.5 Å². The van der Waals surface area contributed by atoms with Crippen LogP contribution in [-0.2, 0) is 11.4 Å². The Morgan fingerprint density at radius 3 is 2.38 bits per heavy atom. The highest BCUT2D eigenvalue weighted by molar-refractivity contribution is 5.42. The van der Waals surface area contributed by atoms with Gasteiger partial charge in [0.25, 0.3) is 0 Å². The number of halogens is 1. The average Bonchev–Trinajstić information content (AvgIpc) is 2.33. The Morgan fingerprint density at radius 2 is 1.62 bits per heavy atom. The van der Waals surface area contributed by atoms with Gasteiger partial charge >= 0.3 is 0 Å². The van der Waals surface area contributed by atoms with Gasteiger partial charge in [-0.05, 0) is 17.7 Å². The highest BCUT2D eigenvalue weighted by atomic mass is 19.1. The molecule has 2 nitrogen and oxygen atoms in total. The molecule has 2 rings (SSSR count). The molecule has 2 aromatic carbocycles. The maximum Gasteiger partial charge on any atom is 0.148 e. The Labute approximate surface area is 93.6 Å². The molecular weight excluding hydrogens is 205 g/mol. The van der Waals surface area contributed by atoms with Gasteiger partial charge in [0.15, 0.2) is 0 Å². The molecule has 0 aromatic heterocycles. The Balaban J connectivity index is 1.87. The minimum atomic E-state index is -0.324. The van der Waals surface area contributed by atoms with Crippen LogP contribution in [0.15, 0.2) is 54.6 Å². The highest BCUT2D eigenvalue weighted by Gasteiger charge is 1.99. The zero-order chi connectivity index (χ0) is 11.2. The summed E-state index contributed by atoms with van der Waals surface area (Å²) in [5, 5.41) is 0. The molecule has 0 bridgehead atoms. The molecule has 0 saturated heterocycles. The Bertz CT molecular complexity index is 445. The van der Waals surface area contributed by atoms with Crippen molar-refractivity contribution in [2.24, 2.45) is 0 Å². The standard InChI is InChI=1S/C13H12FNO/c14-12-8-4-5-9-13(12)15-16-10-11-6-2-1-3-7-11/h1-9,15H,10H2. The second-order valence-corrected chi connectivity index (χ2v) is 3.36. The maximum absolute atomic E-state index is 13.2. The summed E-state index contributed by atoms with van der Waals surface area (Å²) in [6.45, 7) is 0.398. The SMILES string of the molecule is Fc1ccccc1NOCc1ccccc1. The molecule has 2 aromatic rings. The second kappa shape index (κ2) is 5.28. The van der Waals surface area contributed by atoms with Gasteiger partial charge in [0.05, 0.1) is 12.3 Å². The van der Waals surface area contributed by atoms with Crippen molar-refractivity contribution in [3.63, 3.8) is 0 Å². The molecule has 0 radical (unpaired) electrons. The van der Waals surface area contributed by atoms with Crippen LogP contribution in [0.4, 0.5) is 10.1 Å². The van der Waals surface area contributed by atoms with Crippen molar-refractivity contribution in [1.82, 2.24) is 0 Å². The largest absolute Gasteiger partial charge is 0.271 e. The Morgan fingerprint density at radius 1 is 0.938 bits per heavy atom. The number of anilines is 1. The van der Waals surface area contributed by atoms with Crippen LogP contribution in [0.5, 0.6) is 0 Å². The summed E-state index contributed by atoms with van der Waals surface area (Å²) >= 11 is 0. The van der Waals surface area contributed by atoms with Crippen LogP contribution >= 0.6 is 0 Å². The van der Waals surface area contributed by atoms with E-state index in [1.54, 1.807) is 18.2 Å². The number of hydrogen-bond acceptors (Lipinski definition) is 2. The summed E-state index contributed by atoms with van der Waals surface area (Å²) < 4.78 is 13.2. The lowest BCUT2D eigenvalue weighted by Gasteiger charge is -2.07. The minimum Gasteiger partial charge on any atom is -0.271 e. The van der Waals surface area contributed by atoms with Crippen molar-refractivity contribution in [3.8, 4) is 0 Å². The maximum atomic E-state index is 13.2. The van der Waals surface area contributed by atoms with Crippen molar-refractivity contribution >= 4 is 5.69 Å². The van der Waals surface area contributed by atoms with Gasteiger partial charge in [-0.15, -0.1) is 0 Å². The van der Waals surface area contributed by atoms with Gasteiger partial charge in [-0.25, -0.2) is 4.39 Å². The first-order valence-electron chi connectivity index (χ1n) is 5.02. The van der Waals surface area contributed by atoms with Gasteiger partial charge in [0.2, 0.25) is 0 Å². The van der Waals surface area contributed by atoms with Crippen molar-refractivity contribution in [2.45, 2.75) is 6.61 Å². The molecule has 0 atom stereocenters. The van der Waals surface area contributed by atoms with E-state index in [4.69, 9.17) is 4.84 Å². The third-order valence-corrected chi connectivity index (χ3v) is 2.14. The molecule has 0 aliphatic heterocycles. The lowest BCUT2D eigenvalue weighted by molar-refractivity contribution is 0.179. The van der Waals surface area contributed by atoms with Crippen molar-refractivity contribution in [3.05, 3.63) is 66.0 Å². The Hall–Kier alpha value is -1.87. The van der Waals surface area contributed by atoms with Gasteiger partial charge in [-0.2, -0.15) is 0 Å². The molecule has 82 valence electrons. The number of nitrogens with one attached hydrogen (secondary N) is 1. The lowest BCUT2D eigenvalue weighted by Crippen LogP contribution is -2.02.